The molecule has 8 heteroatoms. The molecule has 2 aromatic rings. The summed E-state index contributed by atoms with van der Waals surface area (Å²) in [6.07, 6.45) is 3.08. The van der Waals surface area contributed by atoms with Crippen LogP contribution >= 0.6 is 36.2 Å². The van der Waals surface area contributed by atoms with Gasteiger partial charge in [-0.3, -0.25) is 4.79 Å². The molecule has 1 aromatic heterocycles. The van der Waals surface area contributed by atoms with Crippen LogP contribution in [-0.2, 0) is 17.6 Å². The van der Waals surface area contributed by atoms with E-state index in [1.807, 2.05) is 5.38 Å². The van der Waals surface area contributed by atoms with E-state index in [4.69, 9.17) is 0 Å². The van der Waals surface area contributed by atoms with Gasteiger partial charge in [-0.15, -0.1) is 36.2 Å². The summed E-state index contributed by atoms with van der Waals surface area (Å²) in [4.78, 5) is 16.7. The number of amides is 1. The first-order valence-corrected chi connectivity index (χ1v) is 9.18. The molecule has 2 heterocycles. The molecular formula is C18H24Cl2FN3OS. The molecule has 1 aliphatic rings. The Morgan fingerprint density at radius 3 is 2.77 bits per heavy atom. The standard InChI is InChI=1S/C18H22FN3OS.2ClH/c1-12-16(3-2-8-20-12)22-17(23)10-15-11-24-18(21-15)9-13-4-6-14(19)7-5-13;;/h4-7,11-12,16,20H,2-3,8-10H2,1H3,(H,22,23);2*1H. The lowest BCUT2D eigenvalue weighted by molar-refractivity contribution is -0.121. The number of carbonyl (C=O) groups is 1. The molecule has 1 amide bonds. The van der Waals surface area contributed by atoms with Gasteiger partial charge >= 0.3 is 0 Å². The molecule has 2 atom stereocenters. The van der Waals surface area contributed by atoms with E-state index in [1.54, 1.807) is 12.1 Å². The van der Waals surface area contributed by atoms with Crippen molar-refractivity contribution < 1.29 is 9.18 Å². The predicted octanol–water partition coefficient (Wildman–Crippen LogP) is 3.52. The van der Waals surface area contributed by atoms with Crippen molar-refractivity contribution in [1.29, 1.82) is 0 Å². The van der Waals surface area contributed by atoms with Crippen molar-refractivity contribution in [2.24, 2.45) is 0 Å². The Morgan fingerprint density at radius 2 is 2.08 bits per heavy atom. The number of carbonyl (C=O) groups excluding carboxylic acids is 1. The Hall–Kier alpha value is -1.21. The highest BCUT2D eigenvalue weighted by Gasteiger charge is 2.22. The molecule has 144 valence electrons. The second kappa shape index (κ2) is 10.8. The number of benzene rings is 1. The van der Waals surface area contributed by atoms with Crippen LogP contribution in [0.1, 0.15) is 36.0 Å². The molecule has 26 heavy (non-hydrogen) atoms. The molecule has 4 nitrogen and oxygen atoms in total. The second-order valence-electron chi connectivity index (χ2n) is 6.27. The van der Waals surface area contributed by atoms with Crippen LogP contribution in [0.5, 0.6) is 0 Å². The zero-order valence-electron chi connectivity index (χ0n) is 14.5. The summed E-state index contributed by atoms with van der Waals surface area (Å²) in [6.45, 7) is 3.13. The summed E-state index contributed by atoms with van der Waals surface area (Å²) in [5.74, 6) is -0.212. The van der Waals surface area contributed by atoms with Crippen LogP contribution in [0, 0.1) is 5.82 Å². The quantitative estimate of drug-likeness (QED) is 0.779. The van der Waals surface area contributed by atoms with Gasteiger partial charge in [0.1, 0.15) is 5.82 Å². The molecule has 2 unspecified atom stereocenters. The van der Waals surface area contributed by atoms with Gasteiger partial charge in [0.15, 0.2) is 0 Å². The minimum absolute atomic E-state index is 0. The maximum Gasteiger partial charge on any atom is 0.226 e. The molecule has 1 aliphatic heterocycles. The maximum atomic E-state index is 12.9. The fraction of sp³-hybridized carbons (Fsp3) is 0.444. The van der Waals surface area contributed by atoms with Crippen LogP contribution < -0.4 is 10.6 Å². The van der Waals surface area contributed by atoms with Crippen LogP contribution in [0.25, 0.3) is 0 Å². The smallest absolute Gasteiger partial charge is 0.226 e. The highest BCUT2D eigenvalue weighted by molar-refractivity contribution is 7.09. The second-order valence-corrected chi connectivity index (χ2v) is 7.21. The van der Waals surface area contributed by atoms with Gasteiger partial charge in [-0.25, -0.2) is 9.37 Å². The maximum absolute atomic E-state index is 12.9. The zero-order chi connectivity index (χ0) is 16.9. The normalized spacial score (nSPS) is 19.2. The summed E-state index contributed by atoms with van der Waals surface area (Å²) in [5.41, 5.74) is 1.81. The minimum atomic E-state index is -0.235. The fourth-order valence-corrected chi connectivity index (χ4v) is 3.78. The van der Waals surface area contributed by atoms with E-state index >= 15 is 0 Å². The minimum Gasteiger partial charge on any atom is -0.351 e. The lowest BCUT2D eigenvalue weighted by Crippen LogP contribution is -2.52. The highest BCUT2D eigenvalue weighted by Crippen LogP contribution is 2.16. The molecule has 1 fully saturated rings. The third kappa shape index (κ3) is 6.50. The van der Waals surface area contributed by atoms with Crippen molar-refractivity contribution in [3.63, 3.8) is 0 Å². The molecule has 0 spiro atoms. The number of rotatable bonds is 5. The first-order valence-electron chi connectivity index (χ1n) is 8.30. The van der Waals surface area contributed by atoms with Crippen molar-refractivity contribution in [1.82, 2.24) is 15.6 Å². The monoisotopic (exact) mass is 419 g/mol. The highest BCUT2D eigenvalue weighted by atomic mass is 35.5. The average Bonchev–Trinajstić information content (AvgIpc) is 2.99. The summed E-state index contributed by atoms with van der Waals surface area (Å²) >= 11 is 1.54. The largest absolute Gasteiger partial charge is 0.351 e. The molecule has 3 rings (SSSR count). The van der Waals surface area contributed by atoms with E-state index in [9.17, 15) is 9.18 Å². The lowest BCUT2D eigenvalue weighted by atomic mass is 10.00. The average molecular weight is 420 g/mol. The summed E-state index contributed by atoms with van der Waals surface area (Å²) < 4.78 is 12.9. The number of hydrogen-bond acceptors (Lipinski definition) is 4. The summed E-state index contributed by atoms with van der Waals surface area (Å²) in [7, 11) is 0. The van der Waals surface area contributed by atoms with Crippen molar-refractivity contribution in [2.45, 2.75) is 44.7 Å². The van der Waals surface area contributed by atoms with E-state index in [0.717, 1.165) is 35.7 Å². The third-order valence-corrected chi connectivity index (χ3v) is 5.22. The number of halogens is 3. The lowest BCUT2D eigenvalue weighted by Gasteiger charge is -2.30. The molecule has 2 N–H and O–H groups in total. The summed E-state index contributed by atoms with van der Waals surface area (Å²) in [6, 6.07) is 6.95. The Balaban J connectivity index is 0.00000169. The number of piperidine rings is 1. The number of aromatic nitrogens is 1. The Labute approximate surface area is 169 Å². The summed E-state index contributed by atoms with van der Waals surface area (Å²) in [5, 5.41) is 9.36. The van der Waals surface area contributed by atoms with Crippen LogP contribution in [0.4, 0.5) is 4.39 Å². The van der Waals surface area contributed by atoms with Crippen LogP contribution in [0.15, 0.2) is 29.6 Å². The molecule has 0 radical (unpaired) electrons. The van der Waals surface area contributed by atoms with Gasteiger partial charge in [0.25, 0.3) is 0 Å². The number of hydrogen-bond donors (Lipinski definition) is 2. The van der Waals surface area contributed by atoms with Gasteiger partial charge in [0.05, 0.1) is 17.1 Å². The Kier molecular flexibility index (Phi) is 9.50. The van der Waals surface area contributed by atoms with Gasteiger partial charge in [0, 0.05) is 23.9 Å². The third-order valence-electron chi connectivity index (χ3n) is 4.32. The fourth-order valence-electron chi connectivity index (χ4n) is 2.95. The predicted molar refractivity (Wildman–Crippen MR) is 108 cm³/mol. The molecular weight excluding hydrogens is 396 g/mol. The topological polar surface area (TPSA) is 54.0 Å². The SMILES string of the molecule is CC1NCCCC1NC(=O)Cc1csc(Cc2ccc(F)cc2)n1.Cl.Cl. The first kappa shape index (κ1) is 22.8. The van der Waals surface area contributed by atoms with Crippen molar-refractivity contribution in [3.05, 3.63) is 51.7 Å². The van der Waals surface area contributed by atoms with Crippen molar-refractivity contribution in [2.75, 3.05) is 6.54 Å². The van der Waals surface area contributed by atoms with Crippen molar-refractivity contribution in [3.8, 4) is 0 Å². The van der Waals surface area contributed by atoms with Crippen LogP contribution in [0.2, 0.25) is 0 Å². The van der Waals surface area contributed by atoms with Gasteiger partial charge in [-0.2, -0.15) is 0 Å². The van der Waals surface area contributed by atoms with Gasteiger partial charge < -0.3 is 10.6 Å². The molecule has 0 aliphatic carbocycles. The first-order chi connectivity index (χ1) is 11.6. The number of nitrogens with zero attached hydrogens (tertiary/aromatic N) is 1. The van der Waals surface area contributed by atoms with Gasteiger partial charge in [0.2, 0.25) is 5.91 Å². The molecule has 0 bridgehead atoms. The van der Waals surface area contributed by atoms with E-state index < -0.39 is 0 Å². The van der Waals surface area contributed by atoms with Crippen molar-refractivity contribution >= 4 is 42.1 Å². The Bertz CT molecular complexity index is 696. The van der Waals surface area contributed by atoms with Crippen LogP contribution in [0.3, 0.4) is 0 Å². The molecule has 0 saturated carbocycles. The molecule has 1 aromatic carbocycles. The van der Waals surface area contributed by atoms with Gasteiger partial charge in [-0.05, 0) is 44.0 Å². The van der Waals surface area contributed by atoms with Crippen LogP contribution in [-0.4, -0.2) is 29.5 Å². The van der Waals surface area contributed by atoms with E-state index in [1.165, 1.54) is 23.5 Å². The zero-order valence-corrected chi connectivity index (χ0v) is 17.0. The van der Waals surface area contributed by atoms with E-state index in [0.29, 0.717) is 18.9 Å². The number of thiazole rings is 1. The van der Waals surface area contributed by atoms with E-state index in [-0.39, 0.29) is 42.6 Å². The number of nitrogens with one attached hydrogen (secondary N) is 2. The van der Waals surface area contributed by atoms with E-state index in [2.05, 4.69) is 22.5 Å². The molecule has 1 saturated heterocycles. The Morgan fingerprint density at radius 1 is 1.35 bits per heavy atom. The van der Waals surface area contributed by atoms with Gasteiger partial charge in [-0.1, -0.05) is 12.1 Å².